The summed E-state index contributed by atoms with van der Waals surface area (Å²) in [5.74, 6) is 0.533. The molecule has 30 heavy (non-hydrogen) atoms. The van der Waals surface area contributed by atoms with Gasteiger partial charge >= 0.3 is 6.18 Å². The van der Waals surface area contributed by atoms with Crippen molar-refractivity contribution in [3.8, 4) is 17.0 Å². The largest absolute Gasteiger partial charge is 0.496 e. The molecule has 0 atom stereocenters. The number of halogens is 3. The molecule has 0 saturated heterocycles. The fraction of sp³-hybridized carbons (Fsp3) is 0.150. The van der Waals surface area contributed by atoms with Crippen LogP contribution in [0, 0.1) is 0 Å². The van der Waals surface area contributed by atoms with E-state index in [0.29, 0.717) is 28.1 Å². The van der Waals surface area contributed by atoms with Crippen LogP contribution in [0.15, 0.2) is 72.1 Å². The predicted octanol–water partition coefficient (Wildman–Crippen LogP) is 4.24. The predicted molar refractivity (Wildman–Crippen MR) is 106 cm³/mol. The van der Waals surface area contributed by atoms with Crippen LogP contribution < -0.4 is 9.57 Å². The zero-order chi connectivity index (χ0) is 21.9. The van der Waals surface area contributed by atoms with E-state index in [-0.39, 0.29) is 10.6 Å². The molecule has 0 fully saturated rings. The average Bonchev–Trinajstić information content (AvgIpc) is 3.12. The summed E-state index contributed by atoms with van der Waals surface area (Å²) in [5.41, 5.74) is -0.298. The fourth-order valence-electron chi connectivity index (χ4n) is 2.81. The molecule has 0 unspecified atom stereocenters. The van der Waals surface area contributed by atoms with E-state index in [4.69, 9.17) is 4.74 Å². The number of methoxy groups -OCH3 is 1. The number of alkyl halides is 3. The van der Waals surface area contributed by atoms with Crippen LogP contribution in [-0.2, 0) is 22.6 Å². The zero-order valence-electron chi connectivity index (χ0n) is 15.8. The average molecular weight is 437 g/mol. The number of benzene rings is 2. The standard InChI is InChI=1S/C20H18F3N3O3S/c1-3-7-15-12-14(10-11-18(15)29-2)17-13-19(20(21,22)23)24-26(17)25-30(27,28)16-8-5-4-6-9-16/h3-6,8-13,25H,1,7H2,2H3. The molecule has 2 aromatic carbocycles. The summed E-state index contributed by atoms with van der Waals surface area (Å²) < 4.78 is 70.4. The van der Waals surface area contributed by atoms with E-state index in [9.17, 15) is 21.6 Å². The minimum Gasteiger partial charge on any atom is -0.496 e. The Kier molecular flexibility index (Phi) is 5.88. The van der Waals surface area contributed by atoms with Gasteiger partial charge in [0.05, 0.1) is 17.7 Å². The summed E-state index contributed by atoms with van der Waals surface area (Å²) in [6.45, 7) is 3.66. The quantitative estimate of drug-likeness (QED) is 0.562. The topological polar surface area (TPSA) is 73.2 Å². The summed E-state index contributed by atoms with van der Waals surface area (Å²) in [5, 5.41) is 3.44. The molecule has 10 heteroatoms. The van der Waals surface area contributed by atoms with Crippen molar-refractivity contribution in [1.82, 2.24) is 9.89 Å². The number of sulfonamides is 1. The first-order chi connectivity index (χ1) is 14.2. The van der Waals surface area contributed by atoms with E-state index in [0.717, 1.165) is 6.07 Å². The van der Waals surface area contributed by atoms with Gasteiger partial charge in [-0.1, -0.05) is 24.3 Å². The van der Waals surface area contributed by atoms with Crippen LogP contribution in [0.2, 0.25) is 0 Å². The highest BCUT2D eigenvalue weighted by atomic mass is 32.2. The lowest BCUT2D eigenvalue weighted by atomic mass is 10.0. The van der Waals surface area contributed by atoms with Crippen LogP contribution >= 0.6 is 0 Å². The number of nitrogens with one attached hydrogen (secondary N) is 1. The van der Waals surface area contributed by atoms with Gasteiger partial charge in [0.25, 0.3) is 10.0 Å². The highest BCUT2D eigenvalue weighted by Gasteiger charge is 2.36. The van der Waals surface area contributed by atoms with Crippen LogP contribution in [0.3, 0.4) is 0 Å². The van der Waals surface area contributed by atoms with Crippen LogP contribution in [0.25, 0.3) is 11.3 Å². The Balaban J connectivity index is 2.12. The highest BCUT2D eigenvalue weighted by Crippen LogP contribution is 2.33. The number of aromatic nitrogens is 2. The van der Waals surface area contributed by atoms with Crippen molar-refractivity contribution in [1.29, 1.82) is 0 Å². The van der Waals surface area contributed by atoms with Crippen LogP contribution in [-0.4, -0.2) is 25.4 Å². The second-order valence-corrected chi connectivity index (χ2v) is 7.91. The lowest BCUT2D eigenvalue weighted by molar-refractivity contribution is -0.141. The molecule has 0 bridgehead atoms. The van der Waals surface area contributed by atoms with Crippen LogP contribution in [0.5, 0.6) is 5.75 Å². The van der Waals surface area contributed by atoms with Gasteiger partial charge in [-0.25, -0.2) is 0 Å². The van der Waals surface area contributed by atoms with Crippen molar-refractivity contribution in [2.75, 3.05) is 11.9 Å². The van der Waals surface area contributed by atoms with Gasteiger partial charge in [0.15, 0.2) is 5.69 Å². The molecule has 0 aliphatic heterocycles. The number of hydrogen-bond acceptors (Lipinski definition) is 4. The molecule has 158 valence electrons. The summed E-state index contributed by atoms with van der Waals surface area (Å²) in [7, 11) is -2.69. The van der Waals surface area contributed by atoms with Crippen molar-refractivity contribution >= 4 is 10.0 Å². The van der Waals surface area contributed by atoms with Crippen molar-refractivity contribution in [3.63, 3.8) is 0 Å². The zero-order valence-corrected chi connectivity index (χ0v) is 16.7. The summed E-state index contributed by atoms with van der Waals surface area (Å²) in [6, 6.07) is 12.8. The number of ether oxygens (including phenoxy) is 1. The first kappa shape index (κ1) is 21.4. The maximum absolute atomic E-state index is 13.3. The maximum Gasteiger partial charge on any atom is 0.435 e. The molecule has 1 aromatic heterocycles. The first-order valence-corrected chi connectivity index (χ1v) is 10.2. The van der Waals surface area contributed by atoms with Gasteiger partial charge in [-0.3, -0.25) is 0 Å². The van der Waals surface area contributed by atoms with Gasteiger partial charge in [0, 0.05) is 5.56 Å². The van der Waals surface area contributed by atoms with Crippen molar-refractivity contribution in [2.45, 2.75) is 17.5 Å². The van der Waals surface area contributed by atoms with Gasteiger partial charge in [0.2, 0.25) is 0 Å². The Bertz CT molecular complexity index is 1160. The second-order valence-electron chi connectivity index (χ2n) is 6.25. The van der Waals surface area contributed by atoms with Crippen molar-refractivity contribution < 1.29 is 26.3 Å². The maximum atomic E-state index is 13.3. The normalized spacial score (nSPS) is 11.9. The minimum absolute atomic E-state index is 0.0743. The monoisotopic (exact) mass is 437 g/mol. The van der Waals surface area contributed by atoms with Gasteiger partial charge < -0.3 is 4.74 Å². The Morgan fingerprint density at radius 2 is 1.87 bits per heavy atom. The molecule has 3 rings (SSSR count). The molecular weight excluding hydrogens is 419 g/mol. The van der Waals surface area contributed by atoms with Crippen molar-refractivity contribution in [3.05, 3.63) is 78.5 Å². The van der Waals surface area contributed by atoms with E-state index in [1.807, 2.05) is 0 Å². The summed E-state index contributed by atoms with van der Waals surface area (Å²) in [4.78, 5) is 2.61. The Hall–Kier alpha value is -3.27. The number of allylic oxidation sites excluding steroid dienone is 1. The Morgan fingerprint density at radius 1 is 1.17 bits per heavy atom. The number of rotatable bonds is 7. The van der Waals surface area contributed by atoms with E-state index in [1.54, 1.807) is 24.3 Å². The van der Waals surface area contributed by atoms with Gasteiger partial charge in [-0.2, -0.15) is 31.2 Å². The van der Waals surface area contributed by atoms with Gasteiger partial charge in [-0.05, 0) is 48.4 Å². The molecule has 6 nitrogen and oxygen atoms in total. The smallest absolute Gasteiger partial charge is 0.435 e. The molecule has 0 aliphatic rings. The van der Waals surface area contributed by atoms with Crippen LogP contribution in [0.4, 0.5) is 13.2 Å². The Morgan fingerprint density at radius 3 is 2.47 bits per heavy atom. The third-order valence-electron chi connectivity index (χ3n) is 4.20. The summed E-state index contributed by atoms with van der Waals surface area (Å²) >= 11 is 0. The van der Waals surface area contributed by atoms with Gasteiger partial charge in [-0.15, -0.1) is 11.7 Å². The SMILES string of the molecule is C=CCc1cc(-c2cc(C(F)(F)F)nn2NS(=O)(=O)c2ccccc2)ccc1OC. The third kappa shape index (κ3) is 4.48. The molecule has 0 spiro atoms. The molecule has 0 saturated carbocycles. The molecule has 0 radical (unpaired) electrons. The lowest BCUT2D eigenvalue weighted by Crippen LogP contribution is -2.25. The number of nitrogens with zero attached hydrogens (tertiary/aromatic N) is 2. The van der Waals surface area contributed by atoms with Crippen molar-refractivity contribution in [2.24, 2.45) is 0 Å². The van der Waals surface area contributed by atoms with Gasteiger partial charge in [0.1, 0.15) is 5.75 Å². The lowest BCUT2D eigenvalue weighted by Gasteiger charge is -2.13. The first-order valence-electron chi connectivity index (χ1n) is 8.69. The van der Waals surface area contributed by atoms with E-state index in [2.05, 4.69) is 16.5 Å². The molecule has 1 heterocycles. The molecule has 0 amide bonds. The van der Waals surface area contributed by atoms with E-state index in [1.165, 1.54) is 37.4 Å². The van der Waals surface area contributed by atoms with E-state index >= 15 is 0 Å². The Labute approximate surface area is 171 Å². The molecule has 1 N–H and O–H groups in total. The summed E-state index contributed by atoms with van der Waals surface area (Å²) in [6.07, 6.45) is -2.72. The number of hydrogen-bond donors (Lipinski definition) is 1. The molecular formula is C20H18F3N3O3S. The molecule has 3 aromatic rings. The van der Waals surface area contributed by atoms with Crippen LogP contribution in [0.1, 0.15) is 11.3 Å². The fourth-order valence-corrected chi connectivity index (χ4v) is 3.80. The highest BCUT2D eigenvalue weighted by molar-refractivity contribution is 7.92. The molecule has 0 aliphatic carbocycles. The second kappa shape index (κ2) is 8.23. The van der Waals surface area contributed by atoms with E-state index < -0.39 is 21.9 Å². The third-order valence-corrected chi connectivity index (χ3v) is 5.51. The minimum atomic E-state index is -4.76.